The molecule has 190 valence electrons. The number of nitrogens with one attached hydrogen (secondary N) is 1. The predicted molar refractivity (Wildman–Crippen MR) is 134 cm³/mol. The van der Waals surface area contributed by atoms with Crippen LogP contribution in [0.4, 0.5) is 19.0 Å². The summed E-state index contributed by atoms with van der Waals surface area (Å²) in [5.74, 6) is -4.43. The zero-order valence-electron chi connectivity index (χ0n) is 20.0. The number of aliphatic imine (C=N–C) groups is 1. The average molecular weight is 529 g/mol. The minimum Gasteiger partial charge on any atom is -0.386 e. The lowest BCUT2D eigenvalue weighted by Crippen LogP contribution is -2.58. The lowest BCUT2D eigenvalue weighted by molar-refractivity contribution is -0.0151. The molecule has 12 heteroatoms. The summed E-state index contributed by atoms with van der Waals surface area (Å²) in [5.41, 5.74) is 10.3. The van der Waals surface area contributed by atoms with Crippen LogP contribution in [-0.2, 0) is 5.54 Å². The second kappa shape index (κ2) is 9.25. The summed E-state index contributed by atoms with van der Waals surface area (Å²) in [6.07, 6.45) is 0.638. The molecule has 1 aliphatic heterocycles. The van der Waals surface area contributed by atoms with E-state index in [1.807, 2.05) is 0 Å². The number of amidine groups is 1. The molecule has 5 N–H and O–H groups in total. The Bertz CT molecular complexity index is 1190. The Morgan fingerprint density at radius 2 is 1.91 bits per heavy atom. The number of amides is 1. The maximum absolute atomic E-state index is 15.2. The number of thioether (sulfide) groups is 1. The van der Waals surface area contributed by atoms with E-state index in [1.165, 1.54) is 19.2 Å². The van der Waals surface area contributed by atoms with Gasteiger partial charge in [-0.05, 0) is 58.4 Å². The molecule has 3 heterocycles. The van der Waals surface area contributed by atoms with Gasteiger partial charge in [0.15, 0.2) is 0 Å². The number of alkyl halides is 2. The molecule has 0 spiro atoms. The van der Waals surface area contributed by atoms with Crippen molar-refractivity contribution in [1.82, 2.24) is 9.97 Å². The van der Waals surface area contributed by atoms with Gasteiger partial charge in [0.1, 0.15) is 34.4 Å². The maximum atomic E-state index is 15.2. The summed E-state index contributed by atoms with van der Waals surface area (Å²) in [7, 11) is 0. The molecule has 2 aromatic rings. The topological polar surface area (TPSA) is 119 Å². The summed E-state index contributed by atoms with van der Waals surface area (Å²) in [5, 5.41) is 2.95. The van der Waals surface area contributed by atoms with Crippen molar-refractivity contribution in [2.75, 3.05) is 11.9 Å². The molecule has 1 aliphatic rings. The number of aryl methyl sites for hydroxylation is 1. The molecular weight excluding hydrogens is 501 g/mol. The van der Waals surface area contributed by atoms with E-state index in [2.05, 4.69) is 20.3 Å². The zero-order chi connectivity index (χ0) is 26.4. The smallest absolute Gasteiger partial charge is 0.275 e. The van der Waals surface area contributed by atoms with Crippen LogP contribution in [0.3, 0.4) is 0 Å². The highest BCUT2D eigenvalue weighted by molar-refractivity contribution is 8.02. The first-order valence-corrected chi connectivity index (χ1v) is 12.0. The third kappa shape index (κ3) is 5.26. The molecule has 35 heavy (non-hydrogen) atoms. The molecule has 2 aromatic heterocycles. The summed E-state index contributed by atoms with van der Waals surface area (Å²) in [6, 6.07) is 3.95. The number of halogens is 4. The fourth-order valence-corrected chi connectivity index (χ4v) is 6.21. The molecule has 3 rings (SSSR count). The third-order valence-corrected chi connectivity index (χ3v) is 8.09. The number of carbonyl (C=O) groups is 1. The van der Waals surface area contributed by atoms with E-state index in [9.17, 15) is 13.6 Å². The lowest BCUT2D eigenvalue weighted by Gasteiger charge is -2.51. The van der Waals surface area contributed by atoms with Gasteiger partial charge in [-0.15, -0.1) is 11.8 Å². The van der Waals surface area contributed by atoms with Crippen LogP contribution < -0.4 is 16.8 Å². The number of anilines is 1. The van der Waals surface area contributed by atoms with E-state index >= 15 is 4.39 Å². The molecule has 2 atom stereocenters. The number of pyridine rings is 2. The molecule has 0 saturated carbocycles. The Kier molecular flexibility index (Phi) is 7.20. The number of hydrogen-bond acceptors (Lipinski definition) is 7. The van der Waals surface area contributed by atoms with Crippen LogP contribution in [-0.4, -0.2) is 43.7 Å². The Balaban J connectivity index is 2.09. The molecule has 7 nitrogen and oxygen atoms in total. The Labute approximate surface area is 211 Å². The minimum absolute atomic E-state index is 0.000292. The van der Waals surface area contributed by atoms with Gasteiger partial charge in [0.25, 0.3) is 11.8 Å². The van der Waals surface area contributed by atoms with Gasteiger partial charge in [0.05, 0.1) is 21.1 Å². The summed E-state index contributed by atoms with van der Waals surface area (Å²) < 4.78 is 42.2. The van der Waals surface area contributed by atoms with Gasteiger partial charge in [-0.2, -0.15) is 0 Å². The van der Waals surface area contributed by atoms with Crippen LogP contribution in [0.25, 0.3) is 0 Å². The molecule has 0 fully saturated rings. The lowest BCUT2D eigenvalue weighted by atomic mass is 9.78. The number of aromatic nitrogens is 2. The van der Waals surface area contributed by atoms with Gasteiger partial charge in [-0.3, -0.25) is 9.79 Å². The Hall–Kier alpha value is -2.37. The number of nitrogens with zero attached hydrogens (tertiary/aromatic N) is 3. The molecule has 0 radical (unpaired) electrons. The maximum Gasteiger partial charge on any atom is 0.275 e. The van der Waals surface area contributed by atoms with Crippen LogP contribution in [0.2, 0.25) is 5.02 Å². The van der Waals surface area contributed by atoms with Crippen molar-refractivity contribution in [3.05, 3.63) is 52.2 Å². The van der Waals surface area contributed by atoms with Crippen LogP contribution in [0, 0.1) is 12.7 Å². The second-order valence-electron chi connectivity index (χ2n) is 9.45. The molecule has 0 aromatic carbocycles. The van der Waals surface area contributed by atoms with Gasteiger partial charge in [-0.1, -0.05) is 11.6 Å². The molecule has 0 saturated heterocycles. The van der Waals surface area contributed by atoms with Gasteiger partial charge < -0.3 is 16.8 Å². The molecule has 1 amide bonds. The standard InChI is InChI=1S/C23H28ClF3N6OS/c1-12-8-13(24)9-30-16(12)18(34)32-15-7-6-14(25)17(31-15)22(5)21(4,10-23(26,27)11-28)35-20(2,3)19(29)33-22/h6-9H,10-11,28H2,1-5H3,(H2,29,33)(H,31,32,34)/t21-,22-/m1/s1. The highest BCUT2D eigenvalue weighted by Gasteiger charge is 2.58. The second-order valence-corrected chi connectivity index (χ2v) is 12.0. The van der Waals surface area contributed by atoms with Gasteiger partial charge >= 0.3 is 0 Å². The van der Waals surface area contributed by atoms with Crippen molar-refractivity contribution in [1.29, 1.82) is 0 Å². The van der Waals surface area contributed by atoms with Crippen LogP contribution in [0.5, 0.6) is 0 Å². The fourth-order valence-electron chi connectivity index (χ4n) is 4.09. The van der Waals surface area contributed by atoms with Crippen molar-refractivity contribution in [2.24, 2.45) is 16.5 Å². The van der Waals surface area contributed by atoms with Crippen molar-refractivity contribution in [3.63, 3.8) is 0 Å². The van der Waals surface area contributed by atoms with E-state index in [4.69, 9.17) is 23.1 Å². The highest BCUT2D eigenvalue weighted by atomic mass is 35.5. The Morgan fingerprint density at radius 1 is 1.26 bits per heavy atom. The molecule has 0 unspecified atom stereocenters. The van der Waals surface area contributed by atoms with Crippen molar-refractivity contribution in [3.8, 4) is 0 Å². The average Bonchev–Trinajstić information content (AvgIpc) is 2.73. The summed E-state index contributed by atoms with van der Waals surface area (Å²) >= 11 is 7.07. The highest BCUT2D eigenvalue weighted by Crippen LogP contribution is 2.57. The van der Waals surface area contributed by atoms with E-state index in [0.29, 0.717) is 10.6 Å². The van der Waals surface area contributed by atoms with E-state index in [0.717, 1.165) is 17.8 Å². The summed E-state index contributed by atoms with van der Waals surface area (Å²) in [6.45, 7) is 7.40. The van der Waals surface area contributed by atoms with Crippen molar-refractivity contribution in [2.45, 2.75) is 62.0 Å². The monoisotopic (exact) mass is 528 g/mol. The minimum atomic E-state index is -3.24. The van der Waals surface area contributed by atoms with Crippen LogP contribution in [0.15, 0.2) is 29.4 Å². The molecule has 0 aliphatic carbocycles. The van der Waals surface area contributed by atoms with Crippen LogP contribution in [0.1, 0.15) is 55.9 Å². The number of carbonyl (C=O) groups excluding carboxylic acids is 1. The van der Waals surface area contributed by atoms with E-state index in [1.54, 1.807) is 33.8 Å². The molecule has 0 bridgehead atoms. The zero-order valence-corrected chi connectivity index (χ0v) is 21.6. The first-order chi connectivity index (χ1) is 16.0. The van der Waals surface area contributed by atoms with E-state index < -0.39 is 45.6 Å². The van der Waals surface area contributed by atoms with Gasteiger partial charge in [-0.25, -0.2) is 23.1 Å². The number of rotatable bonds is 6. The van der Waals surface area contributed by atoms with Gasteiger partial charge in [0.2, 0.25) is 0 Å². The normalized spacial score (nSPS) is 24.1. The summed E-state index contributed by atoms with van der Waals surface area (Å²) in [4.78, 5) is 25.6. The largest absolute Gasteiger partial charge is 0.386 e. The van der Waals surface area contributed by atoms with Crippen molar-refractivity contribution < 1.29 is 18.0 Å². The van der Waals surface area contributed by atoms with E-state index in [-0.39, 0.29) is 23.0 Å². The number of nitrogens with two attached hydrogens (primary N) is 2. The quantitative estimate of drug-likeness (QED) is 0.501. The van der Waals surface area contributed by atoms with Gasteiger partial charge in [0, 0.05) is 12.6 Å². The van der Waals surface area contributed by atoms with Crippen molar-refractivity contribution >= 4 is 40.9 Å². The first-order valence-electron chi connectivity index (χ1n) is 10.8. The SMILES string of the molecule is Cc1cc(Cl)cnc1C(=O)Nc1ccc(F)c([C@@]2(C)N=C(N)C(C)(C)S[C@]2(C)CC(F)(F)CN)n1. The van der Waals surface area contributed by atoms with Crippen LogP contribution >= 0.6 is 23.4 Å². The third-order valence-electron chi connectivity index (χ3n) is 6.17. The first kappa shape index (κ1) is 27.2. The Morgan fingerprint density at radius 3 is 2.51 bits per heavy atom. The fraction of sp³-hybridized carbons (Fsp3) is 0.478. The number of hydrogen-bond donors (Lipinski definition) is 3. The molecular formula is C23H28ClF3N6OS. The predicted octanol–water partition coefficient (Wildman–Crippen LogP) is 4.67.